The fourth-order valence-corrected chi connectivity index (χ4v) is 2.58. The second-order valence-corrected chi connectivity index (χ2v) is 5.38. The first-order chi connectivity index (χ1) is 9.33. The van der Waals surface area contributed by atoms with Gasteiger partial charge < -0.3 is 15.3 Å². The van der Waals surface area contributed by atoms with Crippen molar-refractivity contribution in [1.82, 2.24) is 5.32 Å². The number of benzene rings is 1. The van der Waals surface area contributed by atoms with Crippen molar-refractivity contribution in [2.45, 2.75) is 45.2 Å². The highest BCUT2D eigenvalue weighted by molar-refractivity contribution is 5.47. The Balaban J connectivity index is 1.87. The molecule has 0 amide bonds. The quantitative estimate of drug-likeness (QED) is 0.827. The van der Waals surface area contributed by atoms with E-state index in [1.807, 2.05) is 0 Å². The summed E-state index contributed by atoms with van der Waals surface area (Å²) in [7, 11) is 0. The van der Waals surface area contributed by atoms with Gasteiger partial charge >= 0.3 is 0 Å². The smallest absolute Gasteiger partial charge is 0.0584 e. The minimum atomic E-state index is 0.210. The molecule has 1 unspecified atom stereocenters. The van der Waals surface area contributed by atoms with Gasteiger partial charge in [-0.05, 0) is 43.4 Å². The van der Waals surface area contributed by atoms with Crippen LogP contribution in [0, 0.1) is 0 Å². The SMILES string of the molecule is CCC(CO)NCc1ccc(N2CCCCC2)cc1. The molecule has 106 valence electrons. The van der Waals surface area contributed by atoms with Crippen molar-refractivity contribution in [3.05, 3.63) is 29.8 Å². The van der Waals surface area contributed by atoms with Gasteiger partial charge in [0.2, 0.25) is 0 Å². The maximum Gasteiger partial charge on any atom is 0.0584 e. The minimum Gasteiger partial charge on any atom is -0.395 e. The van der Waals surface area contributed by atoms with Crippen molar-refractivity contribution in [2.24, 2.45) is 0 Å². The zero-order valence-electron chi connectivity index (χ0n) is 11.9. The first kappa shape index (κ1) is 14.4. The van der Waals surface area contributed by atoms with E-state index in [0.29, 0.717) is 0 Å². The van der Waals surface area contributed by atoms with Crippen LogP contribution < -0.4 is 10.2 Å². The molecule has 1 aliphatic heterocycles. The summed E-state index contributed by atoms with van der Waals surface area (Å²) in [5, 5.41) is 12.5. The Morgan fingerprint density at radius 1 is 1.16 bits per heavy atom. The van der Waals surface area contributed by atoms with Crippen LogP contribution in [0.5, 0.6) is 0 Å². The Labute approximate surface area is 116 Å². The van der Waals surface area contributed by atoms with Gasteiger partial charge in [0.1, 0.15) is 0 Å². The molecule has 1 aromatic carbocycles. The highest BCUT2D eigenvalue weighted by Crippen LogP contribution is 2.20. The summed E-state index contributed by atoms with van der Waals surface area (Å²) in [6.45, 7) is 5.52. The van der Waals surface area contributed by atoms with E-state index in [-0.39, 0.29) is 12.6 Å². The second-order valence-electron chi connectivity index (χ2n) is 5.38. The fraction of sp³-hybridized carbons (Fsp3) is 0.625. The Morgan fingerprint density at radius 2 is 1.84 bits per heavy atom. The van der Waals surface area contributed by atoms with Gasteiger partial charge in [0.15, 0.2) is 0 Å². The average Bonchev–Trinajstić information content (AvgIpc) is 2.50. The van der Waals surface area contributed by atoms with E-state index in [1.54, 1.807) is 0 Å². The number of piperidine rings is 1. The zero-order valence-corrected chi connectivity index (χ0v) is 11.9. The summed E-state index contributed by atoms with van der Waals surface area (Å²) >= 11 is 0. The lowest BCUT2D eigenvalue weighted by atomic mass is 10.1. The molecule has 1 atom stereocenters. The van der Waals surface area contributed by atoms with Crippen LogP contribution in [0.25, 0.3) is 0 Å². The number of anilines is 1. The second kappa shape index (κ2) is 7.51. The summed E-state index contributed by atoms with van der Waals surface area (Å²) in [6, 6.07) is 9.05. The zero-order chi connectivity index (χ0) is 13.5. The molecule has 0 saturated carbocycles. The summed E-state index contributed by atoms with van der Waals surface area (Å²) in [5.41, 5.74) is 2.63. The van der Waals surface area contributed by atoms with E-state index in [1.165, 1.54) is 43.6 Å². The predicted molar refractivity (Wildman–Crippen MR) is 80.5 cm³/mol. The standard InChI is InChI=1S/C16H26N2O/c1-2-15(13-19)17-12-14-6-8-16(9-7-14)18-10-4-3-5-11-18/h6-9,15,17,19H,2-5,10-13H2,1H3. The average molecular weight is 262 g/mol. The number of nitrogens with one attached hydrogen (secondary N) is 1. The lowest BCUT2D eigenvalue weighted by molar-refractivity contribution is 0.238. The maximum atomic E-state index is 9.15. The van der Waals surface area contributed by atoms with Crippen molar-refractivity contribution in [2.75, 3.05) is 24.6 Å². The summed E-state index contributed by atoms with van der Waals surface area (Å²) in [5.74, 6) is 0. The van der Waals surface area contributed by atoms with Crippen molar-refractivity contribution in [3.63, 3.8) is 0 Å². The fourth-order valence-electron chi connectivity index (χ4n) is 2.58. The van der Waals surface area contributed by atoms with Crippen LogP contribution >= 0.6 is 0 Å². The monoisotopic (exact) mass is 262 g/mol. The number of aliphatic hydroxyl groups excluding tert-OH is 1. The van der Waals surface area contributed by atoms with Crippen LogP contribution in [0.15, 0.2) is 24.3 Å². The molecule has 0 spiro atoms. The molecule has 1 fully saturated rings. The van der Waals surface area contributed by atoms with E-state index in [4.69, 9.17) is 5.11 Å². The summed E-state index contributed by atoms with van der Waals surface area (Å²) in [6.07, 6.45) is 4.97. The molecule has 1 saturated heterocycles. The Kier molecular flexibility index (Phi) is 5.67. The third kappa shape index (κ3) is 4.22. The van der Waals surface area contributed by atoms with E-state index < -0.39 is 0 Å². The Morgan fingerprint density at radius 3 is 2.42 bits per heavy atom. The minimum absolute atomic E-state index is 0.210. The van der Waals surface area contributed by atoms with Gasteiger partial charge in [-0.15, -0.1) is 0 Å². The first-order valence-electron chi connectivity index (χ1n) is 7.51. The van der Waals surface area contributed by atoms with Gasteiger partial charge in [-0.1, -0.05) is 19.1 Å². The molecule has 0 aromatic heterocycles. The van der Waals surface area contributed by atoms with Crippen LogP contribution in [-0.2, 0) is 6.54 Å². The molecule has 3 nitrogen and oxygen atoms in total. The summed E-state index contributed by atoms with van der Waals surface area (Å²) < 4.78 is 0. The third-order valence-corrected chi connectivity index (χ3v) is 3.97. The van der Waals surface area contributed by atoms with Crippen molar-refractivity contribution < 1.29 is 5.11 Å². The maximum absolute atomic E-state index is 9.15. The van der Waals surface area contributed by atoms with Crippen molar-refractivity contribution in [1.29, 1.82) is 0 Å². The summed E-state index contributed by atoms with van der Waals surface area (Å²) in [4.78, 5) is 2.48. The topological polar surface area (TPSA) is 35.5 Å². The molecule has 0 radical (unpaired) electrons. The number of hydrogen-bond acceptors (Lipinski definition) is 3. The molecule has 2 N–H and O–H groups in total. The predicted octanol–water partition coefficient (Wildman–Crippen LogP) is 2.54. The Hall–Kier alpha value is -1.06. The lowest BCUT2D eigenvalue weighted by Gasteiger charge is -2.29. The Bertz CT molecular complexity index is 354. The van der Waals surface area contributed by atoms with Crippen molar-refractivity contribution >= 4 is 5.69 Å². The van der Waals surface area contributed by atoms with Gasteiger partial charge in [0, 0.05) is 31.4 Å². The molecule has 19 heavy (non-hydrogen) atoms. The molecular formula is C16H26N2O. The molecule has 1 heterocycles. The van der Waals surface area contributed by atoms with E-state index >= 15 is 0 Å². The van der Waals surface area contributed by atoms with E-state index in [2.05, 4.69) is 41.4 Å². The number of nitrogens with zero attached hydrogens (tertiary/aromatic N) is 1. The molecule has 0 aliphatic carbocycles. The lowest BCUT2D eigenvalue weighted by Crippen LogP contribution is -2.31. The number of aliphatic hydroxyl groups is 1. The largest absolute Gasteiger partial charge is 0.395 e. The molecule has 2 rings (SSSR count). The molecular weight excluding hydrogens is 236 g/mol. The van der Waals surface area contributed by atoms with Crippen LogP contribution in [0.1, 0.15) is 38.2 Å². The first-order valence-corrected chi connectivity index (χ1v) is 7.51. The van der Waals surface area contributed by atoms with Gasteiger partial charge in [0.25, 0.3) is 0 Å². The van der Waals surface area contributed by atoms with Crippen LogP contribution in [0.4, 0.5) is 5.69 Å². The highest BCUT2D eigenvalue weighted by atomic mass is 16.3. The van der Waals surface area contributed by atoms with Gasteiger partial charge in [-0.2, -0.15) is 0 Å². The van der Waals surface area contributed by atoms with Crippen LogP contribution in [-0.4, -0.2) is 30.8 Å². The molecule has 3 heteroatoms. The molecule has 0 bridgehead atoms. The van der Waals surface area contributed by atoms with Gasteiger partial charge in [-0.3, -0.25) is 0 Å². The van der Waals surface area contributed by atoms with E-state index in [0.717, 1.165) is 13.0 Å². The van der Waals surface area contributed by atoms with E-state index in [9.17, 15) is 0 Å². The third-order valence-electron chi connectivity index (χ3n) is 3.97. The number of rotatable bonds is 6. The van der Waals surface area contributed by atoms with Gasteiger partial charge in [0.05, 0.1) is 6.61 Å². The molecule has 1 aliphatic rings. The number of hydrogen-bond donors (Lipinski definition) is 2. The van der Waals surface area contributed by atoms with Crippen LogP contribution in [0.2, 0.25) is 0 Å². The van der Waals surface area contributed by atoms with Crippen molar-refractivity contribution in [3.8, 4) is 0 Å². The van der Waals surface area contributed by atoms with Gasteiger partial charge in [-0.25, -0.2) is 0 Å². The van der Waals surface area contributed by atoms with Crippen LogP contribution in [0.3, 0.4) is 0 Å². The highest BCUT2D eigenvalue weighted by Gasteiger charge is 2.10. The normalized spacial score (nSPS) is 17.5. The molecule has 1 aromatic rings.